The number of ether oxygens (including phenoxy) is 1. The maximum atomic E-state index is 12.2. The summed E-state index contributed by atoms with van der Waals surface area (Å²) in [7, 11) is 1.29. The molecular weight excluding hydrogens is 203 g/mol. The van der Waals surface area contributed by atoms with Gasteiger partial charge >= 0.3 is 6.98 Å². The van der Waals surface area contributed by atoms with Gasteiger partial charge in [-0.3, -0.25) is 0 Å². The molecule has 0 spiro atoms. The summed E-state index contributed by atoms with van der Waals surface area (Å²) in [5.41, 5.74) is -0.746. The molecule has 0 aliphatic carbocycles. The van der Waals surface area contributed by atoms with Crippen molar-refractivity contribution in [1.82, 2.24) is 0 Å². The van der Waals surface area contributed by atoms with Crippen molar-refractivity contribution in [2.45, 2.75) is 0 Å². The average Bonchev–Trinajstić information content (AvgIpc) is 2.01. The fourth-order valence-corrected chi connectivity index (χ4v) is 1.12. The number of halogens is 4. The highest BCUT2D eigenvalue weighted by Gasteiger charge is 2.26. The van der Waals surface area contributed by atoms with Gasteiger partial charge in [-0.2, -0.15) is 0 Å². The molecule has 1 nitrogen and oxygen atoms in total. The van der Waals surface area contributed by atoms with Crippen molar-refractivity contribution in [3.05, 3.63) is 23.2 Å². The lowest BCUT2D eigenvalue weighted by molar-refractivity contribution is 0.414. The van der Waals surface area contributed by atoms with E-state index in [1.807, 2.05) is 0 Å². The molecule has 0 bridgehead atoms. The summed E-state index contributed by atoms with van der Waals surface area (Å²) in [6, 6.07) is 3.13. The summed E-state index contributed by atoms with van der Waals surface area (Å²) < 4.78 is 41.4. The number of methoxy groups -OCH3 is 1. The lowest BCUT2D eigenvalue weighted by atomic mass is 9.80. The van der Waals surface area contributed by atoms with Gasteiger partial charge in [0.2, 0.25) is 0 Å². The van der Waals surface area contributed by atoms with Gasteiger partial charge in [-0.1, -0.05) is 17.7 Å². The van der Waals surface area contributed by atoms with E-state index in [1.165, 1.54) is 13.2 Å². The molecule has 13 heavy (non-hydrogen) atoms. The smallest absolute Gasteiger partial charge is 0.497 e. The normalized spacial score (nSPS) is 11.5. The van der Waals surface area contributed by atoms with Crippen molar-refractivity contribution in [1.29, 1.82) is 0 Å². The standard InChI is InChI=1S/C7H6BClF3O/c1-13-7-3-5(8(10,11)12)2-6(9)4-7/h2-4H,1H3/q-1. The van der Waals surface area contributed by atoms with Crippen molar-refractivity contribution < 1.29 is 17.7 Å². The molecule has 0 atom stereocenters. The Hall–Kier alpha value is -0.835. The number of benzene rings is 1. The summed E-state index contributed by atoms with van der Waals surface area (Å²) in [5.74, 6) is 0.113. The van der Waals surface area contributed by atoms with Crippen LogP contribution in [0.15, 0.2) is 18.2 Å². The van der Waals surface area contributed by atoms with Gasteiger partial charge in [0.05, 0.1) is 7.11 Å². The van der Waals surface area contributed by atoms with Crippen LogP contribution in [0.2, 0.25) is 5.02 Å². The van der Waals surface area contributed by atoms with Crippen LogP contribution in [-0.4, -0.2) is 14.1 Å². The lowest BCUT2D eigenvalue weighted by Gasteiger charge is -2.15. The van der Waals surface area contributed by atoms with E-state index in [4.69, 9.17) is 11.6 Å². The molecule has 1 rings (SSSR count). The van der Waals surface area contributed by atoms with Crippen LogP contribution in [0.3, 0.4) is 0 Å². The number of hydrogen-bond donors (Lipinski definition) is 0. The minimum absolute atomic E-state index is 0.0218. The zero-order valence-electron chi connectivity index (χ0n) is 6.73. The van der Waals surface area contributed by atoms with E-state index < -0.39 is 12.4 Å². The molecule has 0 fully saturated rings. The minimum atomic E-state index is -5.01. The molecule has 6 heteroatoms. The predicted molar refractivity (Wildman–Crippen MR) is 46.7 cm³/mol. The average molecular weight is 209 g/mol. The molecule has 0 aliphatic heterocycles. The molecule has 0 aromatic heterocycles. The van der Waals surface area contributed by atoms with Crippen molar-refractivity contribution in [2.24, 2.45) is 0 Å². The maximum Gasteiger partial charge on any atom is 0.509 e. The third kappa shape index (κ3) is 2.55. The van der Waals surface area contributed by atoms with Gasteiger partial charge in [0, 0.05) is 5.02 Å². The van der Waals surface area contributed by atoms with E-state index in [-0.39, 0.29) is 10.8 Å². The third-order valence-corrected chi connectivity index (χ3v) is 1.73. The first-order chi connectivity index (χ1) is 5.93. The Kier molecular flexibility index (Phi) is 2.76. The van der Waals surface area contributed by atoms with E-state index in [0.29, 0.717) is 0 Å². The summed E-state index contributed by atoms with van der Waals surface area (Å²) in [5, 5.41) is 0.0218. The topological polar surface area (TPSA) is 9.23 Å². The summed E-state index contributed by atoms with van der Waals surface area (Å²) in [6.07, 6.45) is 0. The maximum absolute atomic E-state index is 12.2. The molecule has 0 unspecified atom stereocenters. The van der Waals surface area contributed by atoms with Gasteiger partial charge in [0.25, 0.3) is 0 Å². The third-order valence-electron chi connectivity index (χ3n) is 1.51. The highest BCUT2D eigenvalue weighted by molar-refractivity contribution is 6.73. The van der Waals surface area contributed by atoms with Crippen LogP contribution in [-0.2, 0) is 0 Å². The lowest BCUT2D eigenvalue weighted by Crippen LogP contribution is -2.33. The quantitative estimate of drug-likeness (QED) is 0.680. The molecule has 1 aromatic carbocycles. The van der Waals surface area contributed by atoms with E-state index in [0.717, 1.165) is 12.1 Å². The number of hydrogen-bond acceptors (Lipinski definition) is 1. The van der Waals surface area contributed by atoms with Gasteiger partial charge in [0.1, 0.15) is 5.75 Å². The monoisotopic (exact) mass is 209 g/mol. The van der Waals surface area contributed by atoms with E-state index in [9.17, 15) is 12.9 Å². The summed E-state index contributed by atoms with van der Waals surface area (Å²) >= 11 is 5.46. The molecule has 0 saturated carbocycles. The van der Waals surface area contributed by atoms with Gasteiger partial charge < -0.3 is 17.7 Å². The van der Waals surface area contributed by atoms with Crippen molar-refractivity contribution in [2.75, 3.05) is 7.11 Å². The Balaban J connectivity index is 3.16. The Morgan fingerprint density at radius 3 is 2.31 bits per heavy atom. The molecule has 1 aromatic rings. The second kappa shape index (κ2) is 3.50. The minimum Gasteiger partial charge on any atom is -0.497 e. The van der Waals surface area contributed by atoms with Gasteiger partial charge in [0.15, 0.2) is 0 Å². The first-order valence-electron chi connectivity index (χ1n) is 3.48. The van der Waals surface area contributed by atoms with Crippen LogP contribution in [0.5, 0.6) is 5.75 Å². The first kappa shape index (κ1) is 10.2. The highest BCUT2D eigenvalue weighted by atomic mass is 35.5. The molecular formula is C7H6BClF3O-. The zero-order chi connectivity index (χ0) is 10.1. The Morgan fingerprint density at radius 2 is 1.85 bits per heavy atom. The van der Waals surface area contributed by atoms with Crippen LogP contribution in [0.25, 0.3) is 0 Å². The first-order valence-corrected chi connectivity index (χ1v) is 3.85. The molecule has 72 valence electrons. The second-order valence-corrected chi connectivity index (χ2v) is 2.94. The van der Waals surface area contributed by atoms with Crippen LogP contribution < -0.4 is 10.2 Å². The summed E-state index contributed by atoms with van der Waals surface area (Å²) in [4.78, 5) is 0. The van der Waals surface area contributed by atoms with E-state index in [1.54, 1.807) is 0 Å². The van der Waals surface area contributed by atoms with E-state index >= 15 is 0 Å². The molecule has 0 N–H and O–H groups in total. The van der Waals surface area contributed by atoms with Crippen LogP contribution >= 0.6 is 11.6 Å². The molecule has 0 amide bonds. The largest absolute Gasteiger partial charge is 0.509 e. The predicted octanol–water partition coefficient (Wildman–Crippen LogP) is 2.40. The zero-order valence-corrected chi connectivity index (χ0v) is 7.49. The number of rotatable bonds is 2. The summed E-state index contributed by atoms with van der Waals surface area (Å²) in [6.45, 7) is -5.01. The fraction of sp³-hybridized carbons (Fsp3) is 0.143. The van der Waals surface area contributed by atoms with Gasteiger partial charge in [-0.05, 0) is 12.1 Å². The van der Waals surface area contributed by atoms with Gasteiger partial charge in [-0.15, -0.1) is 5.46 Å². The molecule has 0 heterocycles. The van der Waals surface area contributed by atoms with Crippen molar-refractivity contribution in [3.8, 4) is 5.75 Å². The Labute approximate surface area is 78.5 Å². The van der Waals surface area contributed by atoms with Crippen LogP contribution in [0, 0.1) is 0 Å². The molecule has 0 aliphatic rings. The molecule has 0 saturated heterocycles. The Bertz CT molecular complexity index is 313. The SMILES string of the molecule is COc1cc(Cl)cc([B-](F)(F)F)c1. The fourth-order valence-electron chi connectivity index (χ4n) is 0.891. The second-order valence-electron chi connectivity index (χ2n) is 2.50. The van der Waals surface area contributed by atoms with Crippen molar-refractivity contribution >= 4 is 24.0 Å². The molecule has 0 radical (unpaired) electrons. The Morgan fingerprint density at radius 1 is 1.23 bits per heavy atom. The van der Waals surface area contributed by atoms with Crippen LogP contribution in [0.4, 0.5) is 12.9 Å². The van der Waals surface area contributed by atoms with Crippen LogP contribution in [0.1, 0.15) is 0 Å². The van der Waals surface area contributed by atoms with Gasteiger partial charge in [-0.25, -0.2) is 0 Å². The van der Waals surface area contributed by atoms with E-state index in [2.05, 4.69) is 4.74 Å². The van der Waals surface area contributed by atoms with Crippen molar-refractivity contribution in [3.63, 3.8) is 0 Å². The highest BCUT2D eigenvalue weighted by Crippen LogP contribution is 2.19.